The number of anilines is 1. The summed E-state index contributed by atoms with van der Waals surface area (Å²) in [7, 11) is 3.92. The summed E-state index contributed by atoms with van der Waals surface area (Å²) < 4.78 is 5.32. The lowest BCUT2D eigenvalue weighted by atomic mass is 9.84. The van der Waals surface area contributed by atoms with E-state index in [1.54, 1.807) is 7.11 Å². The lowest BCUT2D eigenvalue weighted by Gasteiger charge is -2.46. The molecule has 0 amide bonds. The molecule has 0 bridgehead atoms. The number of ether oxygens (including phenoxy) is 1. The monoisotopic (exact) mass is 285 g/mol. The van der Waals surface area contributed by atoms with Gasteiger partial charge in [-0.05, 0) is 50.9 Å². The highest BCUT2D eigenvalue weighted by atomic mass is 16.5. The Balaban J connectivity index is 1.83. The number of hydrogen-bond donors (Lipinski definition) is 0. The normalized spacial score (nSPS) is 26.0. The smallest absolute Gasteiger partial charge is 0.121 e. The van der Waals surface area contributed by atoms with Crippen LogP contribution in [0.3, 0.4) is 0 Å². The summed E-state index contributed by atoms with van der Waals surface area (Å²) >= 11 is 0. The maximum absolute atomic E-state index is 9.36. The van der Waals surface area contributed by atoms with Crippen LogP contribution in [-0.4, -0.2) is 44.7 Å². The van der Waals surface area contributed by atoms with Crippen LogP contribution in [0.5, 0.6) is 5.75 Å². The van der Waals surface area contributed by atoms with Crippen LogP contribution < -0.4 is 9.64 Å². The molecule has 112 valence electrons. The van der Waals surface area contributed by atoms with Crippen LogP contribution in [0.4, 0.5) is 5.69 Å². The highest BCUT2D eigenvalue weighted by molar-refractivity contribution is 5.62. The zero-order valence-corrected chi connectivity index (χ0v) is 12.9. The topological polar surface area (TPSA) is 39.5 Å². The molecule has 0 spiro atoms. The maximum Gasteiger partial charge on any atom is 0.121 e. The van der Waals surface area contributed by atoms with Gasteiger partial charge in [0.1, 0.15) is 11.8 Å². The van der Waals surface area contributed by atoms with Crippen molar-refractivity contribution in [1.29, 1.82) is 5.26 Å². The molecule has 3 rings (SSSR count). The van der Waals surface area contributed by atoms with Gasteiger partial charge in [0.15, 0.2) is 0 Å². The molecule has 0 radical (unpaired) electrons. The highest BCUT2D eigenvalue weighted by Crippen LogP contribution is 2.34. The summed E-state index contributed by atoms with van der Waals surface area (Å²) in [6.07, 6.45) is 3.77. The minimum atomic E-state index is 0.714. The van der Waals surface area contributed by atoms with Crippen LogP contribution in [0.15, 0.2) is 18.2 Å². The van der Waals surface area contributed by atoms with Crippen molar-refractivity contribution in [2.24, 2.45) is 5.92 Å². The number of nitriles is 1. The Labute approximate surface area is 126 Å². The number of methoxy groups -OCH3 is 1. The quantitative estimate of drug-likeness (QED) is 0.837. The molecule has 0 aliphatic carbocycles. The lowest BCUT2D eigenvalue weighted by molar-refractivity contribution is 0.102. The number of benzene rings is 1. The molecule has 2 saturated heterocycles. The van der Waals surface area contributed by atoms with Crippen molar-refractivity contribution in [3.8, 4) is 11.8 Å². The summed E-state index contributed by atoms with van der Waals surface area (Å²) in [5.74, 6) is 1.54. The van der Waals surface area contributed by atoms with Gasteiger partial charge in [-0.3, -0.25) is 0 Å². The van der Waals surface area contributed by atoms with E-state index in [1.165, 1.54) is 25.8 Å². The van der Waals surface area contributed by atoms with E-state index < -0.39 is 0 Å². The number of rotatable bonds is 2. The van der Waals surface area contributed by atoms with E-state index in [4.69, 9.17) is 4.74 Å². The van der Waals surface area contributed by atoms with Gasteiger partial charge in [-0.15, -0.1) is 0 Å². The molecule has 4 heteroatoms. The fraction of sp³-hybridized carbons (Fsp3) is 0.588. The average molecular weight is 285 g/mol. The third-order valence-corrected chi connectivity index (χ3v) is 5.01. The largest absolute Gasteiger partial charge is 0.497 e. The molecule has 21 heavy (non-hydrogen) atoms. The average Bonchev–Trinajstić information content (AvgIpc) is 2.54. The second kappa shape index (κ2) is 5.95. The van der Waals surface area contributed by atoms with Crippen molar-refractivity contribution >= 4 is 5.69 Å². The summed E-state index contributed by atoms with van der Waals surface area (Å²) in [6, 6.07) is 8.77. The predicted octanol–water partition coefficient (Wildman–Crippen LogP) is 2.49. The Morgan fingerprint density at radius 1 is 1.29 bits per heavy atom. The fourth-order valence-corrected chi connectivity index (χ4v) is 3.87. The van der Waals surface area contributed by atoms with Gasteiger partial charge in [-0.1, -0.05) is 0 Å². The molecule has 2 aliphatic heterocycles. The van der Waals surface area contributed by atoms with Crippen LogP contribution in [0, 0.1) is 17.2 Å². The first-order valence-electron chi connectivity index (χ1n) is 7.76. The third kappa shape index (κ3) is 2.71. The first-order chi connectivity index (χ1) is 10.2. The van der Waals surface area contributed by atoms with E-state index in [9.17, 15) is 5.26 Å². The molecule has 0 N–H and O–H groups in total. The second-order valence-electron chi connectivity index (χ2n) is 6.18. The van der Waals surface area contributed by atoms with Gasteiger partial charge in [-0.25, -0.2) is 0 Å². The van der Waals surface area contributed by atoms with Crippen molar-refractivity contribution in [3.63, 3.8) is 0 Å². The van der Waals surface area contributed by atoms with Gasteiger partial charge in [0, 0.05) is 25.2 Å². The number of hydrogen-bond acceptors (Lipinski definition) is 4. The molecule has 0 aromatic heterocycles. The Bertz CT molecular complexity index is 551. The van der Waals surface area contributed by atoms with Crippen LogP contribution in [0.1, 0.15) is 24.8 Å². The summed E-state index contributed by atoms with van der Waals surface area (Å²) in [5, 5.41) is 9.36. The van der Waals surface area contributed by atoms with E-state index in [-0.39, 0.29) is 0 Å². The van der Waals surface area contributed by atoms with Gasteiger partial charge in [0.2, 0.25) is 0 Å². The minimum Gasteiger partial charge on any atom is -0.497 e. The summed E-state index contributed by atoms with van der Waals surface area (Å²) in [6.45, 7) is 3.30. The van der Waals surface area contributed by atoms with Gasteiger partial charge < -0.3 is 14.5 Å². The van der Waals surface area contributed by atoms with E-state index in [0.717, 1.165) is 36.0 Å². The molecule has 2 unspecified atom stereocenters. The van der Waals surface area contributed by atoms with E-state index in [1.807, 2.05) is 18.2 Å². The van der Waals surface area contributed by atoms with Gasteiger partial charge in [0.25, 0.3) is 0 Å². The molecule has 2 fully saturated rings. The van der Waals surface area contributed by atoms with Crippen molar-refractivity contribution in [2.75, 3.05) is 38.7 Å². The summed E-state index contributed by atoms with van der Waals surface area (Å²) in [4.78, 5) is 4.89. The SMILES string of the molecule is COc1ccc(C#N)c(N2CCC3C(CCCN3C)C2)c1. The molecule has 1 aromatic rings. The molecular weight excluding hydrogens is 262 g/mol. The van der Waals surface area contributed by atoms with Crippen LogP contribution in [0.2, 0.25) is 0 Å². The summed E-state index contributed by atoms with van der Waals surface area (Å²) in [5.41, 5.74) is 1.78. The van der Waals surface area contributed by atoms with Crippen LogP contribution >= 0.6 is 0 Å². The number of piperidine rings is 2. The van der Waals surface area contributed by atoms with Crippen LogP contribution in [0.25, 0.3) is 0 Å². The van der Waals surface area contributed by atoms with Crippen molar-refractivity contribution < 1.29 is 4.74 Å². The predicted molar refractivity (Wildman–Crippen MR) is 83.7 cm³/mol. The number of nitrogens with zero attached hydrogens (tertiary/aromatic N) is 3. The van der Waals surface area contributed by atoms with E-state index >= 15 is 0 Å². The fourth-order valence-electron chi connectivity index (χ4n) is 3.87. The Morgan fingerprint density at radius 2 is 2.14 bits per heavy atom. The van der Waals surface area contributed by atoms with Gasteiger partial charge in [-0.2, -0.15) is 5.26 Å². The Morgan fingerprint density at radius 3 is 2.90 bits per heavy atom. The van der Waals surface area contributed by atoms with Crippen LogP contribution in [-0.2, 0) is 0 Å². The van der Waals surface area contributed by atoms with Crippen molar-refractivity contribution in [1.82, 2.24) is 4.90 Å². The van der Waals surface area contributed by atoms with Gasteiger partial charge >= 0.3 is 0 Å². The highest BCUT2D eigenvalue weighted by Gasteiger charge is 2.34. The van der Waals surface area contributed by atoms with Crippen molar-refractivity contribution in [2.45, 2.75) is 25.3 Å². The number of fused-ring (bicyclic) bond motifs is 1. The minimum absolute atomic E-state index is 0.714. The maximum atomic E-state index is 9.36. The van der Waals surface area contributed by atoms with E-state index in [2.05, 4.69) is 22.9 Å². The Kier molecular flexibility index (Phi) is 4.03. The van der Waals surface area contributed by atoms with Crippen molar-refractivity contribution in [3.05, 3.63) is 23.8 Å². The first kappa shape index (κ1) is 14.2. The van der Waals surface area contributed by atoms with E-state index in [0.29, 0.717) is 6.04 Å². The molecule has 2 heterocycles. The standard InChI is InChI=1S/C17H23N3O/c1-19-8-3-4-14-12-20(9-7-16(14)19)17-10-15(21-2)6-5-13(17)11-18/h5-6,10,14,16H,3-4,7-9,12H2,1-2H3. The third-order valence-electron chi connectivity index (χ3n) is 5.01. The lowest BCUT2D eigenvalue weighted by Crippen LogP contribution is -2.52. The number of likely N-dealkylation sites (tertiary alicyclic amines) is 1. The molecule has 2 atom stereocenters. The molecule has 2 aliphatic rings. The zero-order chi connectivity index (χ0) is 14.8. The Hall–Kier alpha value is -1.73. The second-order valence-corrected chi connectivity index (χ2v) is 6.18. The molecule has 4 nitrogen and oxygen atoms in total. The molecule has 0 saturated carbocycles. The molecular formula is C17H23N3O. The molecule has 1 aromatic carbocycles. The zero-order valence-electron chi connectivity index (χ0n) is 12.9. The van der Waals surface area contributed by atoms with Gasteiger partial charge in [0.05, 0.1) is 18.4 Å². The first-order valence-corrected chi connectivity index (χ1v) is 7.76.